The molecule has 2 rings (SSSR count). The summed E-state index contributed by atoms with van der Waals surface area (Å²) in [5.41, 5.74) is -0.209. The van der Waals surface area contributed by atoms with Crippen LogP contribution in [-0.2, 0) is 9.53 Å². The number of hydrogen-bond acceptors (Lipinski definition) is 3. The molecule has 19 heavy (non-hydrogen) atoms. The maximum Gasteiger partial charge on any atom is 0.315 e. The molecule has 0 bridgehead atoms. The topological polar surface area (TPSA) is 87.7 Å². The number of hydrogen-bond donors (Lipinski definition) is 3. The molecule has 0 aromatic carbocycles. The predicted molar refractivity (Wildman–Crippen MR) is 68.9 cm³/mol. The van der Waals surface area contributed by atoms with E-state index in [1.807, 2.05) is 0 Å². The number of methoxy groups -OCH3 is 1. The van der Waals surface area contributed by atoms with Crippen LogP contribution in [0.15, 0.2) is 0 Å². The Labute approximate surface area is 112 Å². The quantitative estimate of drug-likeness (QED) is 0.698. The van der Waals surface area contributed by atoms with Gasteiger partial charge in [0.15, 0.2) is 0 Å². The third-order valence-electron chi connectivity index (χ3n) is 4.42. The molecule has 0 heterocycles. The summed E-state index contributed by atoms with van der Waals surface area (Å²) in [6.07, 6.45) is 5.28. The van der Waals surface area contributed by atoms with Crippen molar-refractivity contribution >= 4 is 12.0 Å². The lowest BCUT2D eigenvalue weighted by molar-refractivity contribution is -0.142. The van der Waals surface area contributed by atoms with Crippen LogP contribution in [0.5, 0.6) is 0 Å². The third-order valence-corrected chi connectivity index (χ3v) is 4.42. The van der Waals surface area contributed by atoms with Crippen molar-refractivity contribution in [3.8, 4) is 0 Å². The summed E-state index contributed by atoms with van der Waals surface area (Å²) in [5.74, 6) is -1.28. The summed E-state index contributed by atoms with van der Waals surface area (Å²) in [6, 6.07) is -0.543. The van der Waals surface area contributed by atoms with Gasteiger partial charge in [0, 0.05) is 19.7 Å². The van der Waals surface area contributed by atoms with Gasteiger partial charge in [0.2, 0.25) is 0 Å². The average molecular weight is 270 g/mol. The molecule has 0 spiro atoms. The molecule has 2 saturated carbocycles. The van der Waals surface area contributed by atoms with Crippen LogP contribution in [0, 0.1) is 5.92 Å². The standard InChI is InChI=1S/C13H22N2O4/c1-19-13(6-3-7-13)8-14-12(18)15-10-5-2-4-9(10)11(16)17/h9-10H,2-8H2,1H3,(H,16,17)(H2,14,15,18). The van der Waals surface area contributed by atoms with E-state index in [-0.39, 0.29) is 17.7 Å². The molecule has 2 fully saturated rings. The summed E-state index contributed by atoms with van der Waals surface area (Å²) in [4.78, 5) is 22.8. The van der Waals surface area contributed by atoms with Crippen molar-refractivity contribution in [1.29, 1.82) is 0 Å². The first-order valence-electron chi connectivity index (χ1n) is 6.89. The minimum Gasteiger partial charge on any atom is -0.481 e. The van der Waals surface area contributed by atoms with E-state index in [1.165, 1.54) is 0 Å². The van der Waals surface area contributed by atoms with Crippen molar-refractivity contribution < 1.29 is 19.4 Å². The fourth-order valence-corrected chi connectivity index (χ4v) is 2.91. The zero-order valence-electron chi connectivity index (χ0n) is 11.3. The van der Waals surface area contributed by atoms with E-state index in [1.54, 1.807) is 7.11 Å². The second kappa shape index (κ2) is 5.77. The largest absolute Gasteiger partial charge is 0.481 e. The number of ether oxygens (including phenoxy) is 1. The van der Waals surface area contributed by atoms with Crippen LogP contribution in [-0.4, -0.2) is 42.4 Å². The molecule has 3 N–H and O–H groups in total. The number of carbonyl (C=O) groups is 2. The van der Waals surface area contributed by atoms with Gasteiger partial charge < -0.3 is 20.5 Å². The first kappa shape index (κ1) is 14.1. The van der Waals surface area contributed by atoms with Gasteiger partial charge in [0.05, 0.1) is 11.5 Å². The van der Waals surface area contributed by atoms with Crippen LogP contribution in [0.25, 0.3) is 0 Å². The van der Waals surface area contributed by atoms with Crippen molar-refractivity contribution in [3.05, 3.63) is 0 Å². The van der Waals surface area contributed by atoms with Crippen LogP contribution >= 0.6 is 0 Å². The summed E-state index contributed by atoms with van der Waals surface area (Å²) in [5, 5.41) is 14.6. The van der Waals surface area contributed by atoms with E-state index < -0.39 is 11.9 Å². The highest BCUT2D eigenvalue weighted by Gasteiger charge is 2.38. The lowest BCUT2D eigenvalue weighted by Gasteiger charge is -2.40. The molecule has 108 valence electrons. The first-order chi connectivity index (χ1) is 9.06. The van der Waals surface area contributed by atoms with Crippen LogP contribution in [0.4, 0.5) is 4.79 Å². The van der Waals surface area contributed by atoms with E-state index in [0.717, 1.165) is 32.1 Å². The van der Waals surface area contributed by atoms with E-state index >= 15 is 0 Å². The Bertz CT molecular complexity index is 349. The number of amides is 2. The van der Waals surface area contributed by atoms with Gasteiger partial charge in [-0.1, -0.05) is 6.42 Å². The maximum absolute atomic E-state index is 11.8. The number of carboxylic acid groups (broad SMARTS) is 1. The Morgan fingerprint density at radius 3 is 2.58 bits per heavy atom. The number of carboxylic acids is 1. The molecule has 2 aliphatic rings. The average Bonchev–Trinajstić information content (AvgIpc) is 2.76. The van der Waals surface area contributed by atoms with Crippen molar-refractivity contribution in [1.82, 2.24) is 10.6 Å². The fourth-order valence-electron chi connectivity index (χ4n) is 2.91. The monoisotopic (exact) mass is 270 g/mol. The zero-order valence-corrected chi connectivity index (χ0v) is 11.3. The molecule has 2 aliphatic carbocycles. The molecule has 2 amide bonds. The second-order valence-electron chi connectivity index (χ2n) is 5.55. The molecule has 0 aromatic heterocycles. The van der Waals surface area contributed by atoms with Gasteiger partial charge in [-0.15, -0.1) is 0 Å². The van der Waals surface area contributed by atoms with Crippen LogP contribution in [0.3, 0.4) is 0 Å². The zero-order chi connectivity index (χ0) is 13.9. The van der Waals surface area contributed by atoms with Crippen molar-refractivity contribution in [2.24, 2.45) is 5.92 Å². The van der Waals surface area contributed by atoms with Gasteiger partial charge in [-0.05, 0) is 32.1 Å². The summed E-state index contributed by atoms with van der Waals surface area (Å²) < 4.78 is 5.42. The summed E-state index contributed by atoms with van der Waals surface area (Å²) >= 11 is 0. The molecule has 6 heteroatoms. The molecule has 0 aliphatic heterocycles. The lowest BCUT2D eigenvalue weighted by Crippen LogP contribution is -2.53. The molecule has 2 unspecified atom stereocenters. The molecular weight excluding hydrogens is 248 g/mol. The summed E-state index contributed by atoms with van der Waals surface area (Å²) in [6.45, 7) is 0.486. The fraction of sp³-hybridized carbons (Fsp3) is 0.846. The van der Waals surface area contributed by atoms with Gasteiger partial charge in [-0.3, -0.25) is 4.79 Å². The number of carbonyl (C=O) groups excluding carboxylic acids is 1. The molecule has 0 aromatic rings. The minimum atomic E-state index is -0.824. The molecular formula is C13H22N2O4. The number of aliphatic carboxylic acids is 1. The van der Waals surface area contributed by atoms with E-state index in [0.29, 0.717) is 13.0 Å². The van der Waals surface area contributed by atoms with Crippen molar-refractivity contribution in [3.63, 3.8) is 0 Å². The smallest absolute Gasteiger partial charge is 0.315 e. The molecule has 0 radical (unpaired) electrons. The number of urea groups is 1. The Hall–Kier alpha value is -1.30. The van der Waals surface area contributed by atoms with Gasteiger partial charge in [0.25, 0.3) is 0 Å². The SMILES string of the molecule is COC1(CNC(=O)NC2CCCC2C(=O)O)CCC1. The minimum absolute atomic E-state index is 0.209. The van der Waals surface area contributed by atoms with Crippen LogP contribution < -0.4 is 10.6 Å². The Kier molecular flexibility index (Phi) is 4.29. The lowest BCUT2D eigenvalue weighted by atomic mass is 9.80. The van der Waals surface area contributed by atoms with Crippen molar-refractivity contribution in [2.45, 2.75) is 50.2 Å². The highest BCUT2D eigenvalue weighted by molar-refractivity contribution is 5.77. The van der Waals surface area contributed by atoms with Crippen LogP contribution in [0.1, 0.15) is 38.5 Å². The second-order valence-corrected chi connectivity index (χ2v) is 5.55. The third kappa shape index (κ3) is 3.18. The van der Waals surface area contributed by atoms with Gasteiger partial charge >= 0.3 is 12.0 Å². The Morgan fingerprint density at radius 2 is 2.05 bits per heavy atom. The normalized spacial score (nSPS) is 28.5. The predicted octanol–water partition coefficient (Wildman–Crippen LogP) is 1.11. The maximum atomic E-state index is 11.8. The molecule has 6 nitrogen and oxygen atoms in total. The van der Waals surface area contributed by atoms with Gasteiger partial charge in [-0.25, -0.2) is 4.79 Å². The summed E-state index contributed by atoms with van der Waals surface area (Å²) in [7, 11) is 1.66. The Morgan fingerprint density at radius 1 is 1.32 bits per heavy atom. The highest BCUT2D eigenvalue weighted by Crippen LogP contribution is 2.34. The van der Waals surface area contributed by atoms with E-state index in [9.17, 15) is 9.59 Å². The van der Waals surface area contributed by atoms with Crippen molar-refractivity contribution in [2.75, 3.05) is 13.7 Å². The molecule has 2 atom stereocenters. The molecule has 0 saturated heterocycles. The first-order valence-corrected chi connectivity index (χ1v) is 6.89. The number of rotatable bonds is 5. The Balaban J connectivity index is 1.76. The van der Waals surface area contributed by atoms with Gasteiger partial charge in [0.1, 0.15) is 0 Å². The van der Waals surface area contributed by atoms with Gasteiger partial charge in [-0.2, -0.15) is 0 Å². The van der Waals surface area contributed by atoms with E-state index in [2.05, 4.69) is 10.6 Å². The van der Waals surface area contributed by atoms with Crippen LogP contribution in [0.2, 0.25) is 0 Å². The highest BCUT2D eigenvalue weighted by atomic mass is 16.5. The van der Waals surface area contributed by atoms with E-state index in [4.69, 9.17) is 9.84 Å². The number of nitrogens with one attached hydrogen (secondary N) is 2.